The molecule has 0 saturated carbocycles. The molecule has 4 nitrogen and oxygen atoms in total. The lowest BCUT2D eigenvalue weighted by Gasteiger charge is -2.36. The van der Waals surface area contributed by atoms with Crippen LogP contribution < -0.4 is 5.32 Å². The smallest absolute Gasteiger partial charge is 0.240 e. The van der Waals surface area contributed by atoms with Crippen molar-refractivity contribution in [1.29, 1.82) is 0 Å². The summed E-state index contributed by atoms with van der Waals surface area (Å²) in [7, 11) is 3.60. The Bertz CT molecular complexity index is 490. The SMILES string of the molecule is Cc1ccc(CN2CCNCC2C(=O)N(C)C)c(Cl)c1. The van der Waals surface area contributed by atoms with Crippen LogP contribution in [-0.4, -0.2) is 55.5 Å². The Morgan fingerprint density at radius 3 is 2.90 bits per heavy atom. The molecule has 1 amide bonds. The highest BCUT2D eigenvalue weighted by Gasteiger charge is 2.29. The molecule has 2 rings (SSSR count). The van der Waals surface area contributed by atoms with E-state index in [-0.39, 0.29) is 11.9 Å². The van der Waals surface area contributed by atoms with E-state index in [9.17, 15) is 4.79 Å². The second kappa shape index (κ2) is 6.57. The minimum Gasteiger partial charge on any atom is -0.347 e. The Balaban J connectivity index is 2.14. The molecule has 1 aromatic rings. The molecule has 1 N–H and O–H groups in total. The third-order valence-corrected chi connectivity index (χ3v) is 4.01. The van der Waals surface area contributed by atoms with Crippen LogP contribution in [0, 0.1) is 6.92 Å². The quantitative estimate of drug-likeness (QED) is 0.918. The van der Waals surface area contributed by atoms with Crippen molar-refractivity contribution < 1.29 is 4.79 Å². The van der Waals surface area contributed by atoms with Gasteiger partial charge in [0.25, 0.3) is 0 Å². The van der Waals surface area contributed by atoms with E-state index >= 15 is 0 Å². The molecule has 0 spiro atoms. The van der Waals surface area contributed by atoms with E-state index in [1.165, 1.54) is 0 Å². The second-order valence-corrected chi connectivity index (χ2v) is 5.93. The van der Waals surface area contributed by atoms with E-state index in [1.54, 1.807) is 19.0 Å². The zero-order valence-electron chi connectivity index (χ0n) is 12.3. The summed E-state index contributed by atoms with van der Waals surface area (Å²) < 4.78 is 0. The summed E-state index contributed by atoms with van der Waals surface area (Å²) in [6.45, 7) is 5.19. The van der Waals surface area contributed by atoms with Crippen LogP contribution in [0.2, 0.25) is 5.02 Å². The van der Waals surface area contributed by atoms with E-state index in [4.69, 9.17) is 11.6 Å². The Labute approximate surface area is 125 Å². The molecular formula is C15H22ClN3O. The molecule has 1 aliphatic heterocycles. The van der Waals surface area contributed by atoms with Crippen LogP contribution in [0.1, 0.15) is 11.1 Å². The first kappa shape index (κ1) is 15.3. The van der Waals surface area contributed by atoms with Gasteiger partial charge in [-0.25, -0.2) is 0 Å². The van der Waals surface area contributed by atoms with E-state index in [1.807, 2.05) is 13.0 Å². The summed E-state index contributed by atoms with van der Waals surface area (Å²) in [6.07, 6.45) is 0. The number of benzene rings is 1. The summed E-state index contributed by atoms with van der Waals surface area (Å²) in [5, 5.41) is 4.07. The molecule has 0 radical (unpaired) electrons. The number of hydrogen-bond donors (Lipinski definition) is 1. The Hall–Kier alpha value is -1.10. The van der Waals surface area contributed by atoms with Crippen LogP contribution >= 0.6 is 11.6 Å². The third-order valence-electron chi connectivity index (χ3n) is 3.66. The first-order chi connectivity index (χ1) is 9.49. The van der Waals surface area contributed by atoms with Gasteiger partial charge >= 0.3 is 0 Å². The molecule has 1 atom stereocenters. The fourth-order valence-electron chi connectivity index (χ4n) is 2.48. The molecule has 1 unspecified atom stereocenters. The maximum atomic E-state index is 12.2. The maximum absolute atomic E-state index is 12.2. The highest BCUT2D eigenvalue weighted by molar-refractivity contribution is 6.31. The van der Waals surface area contributed by atoms with Gasteiger partial charge in [-0.05, 0) is 24.1 Å². The van der Waals surface area contributed by atoms with Crippen molar-refractivity contribution in [1.82, 2.24) is 15.1 Å². The van der Waals surface area contributed by atoms with Crippen molar-refractivity contribution in [2.45, 2.75) is 19.5 Å². The lowest BCUT2D eigenvalue weighted by molar-refractivity contribution is -0.135. The number of carbonyl (C=O) groups excluding carboxylic acids is 1. The summed E-state index contributed by atoms with van der Waals surface area (Å²) in [6, 6.07) is 5.97. The molecule has 1 saturated heterocycles. The minimum atomic E-state index is -0.115. The fourth-order valence-corrected chi connectivity index (χ4v) is 2.77. The first-order valence-electron chi connectivity index (χ1n) is 6.90. The summed E-state index contributed by atoms with van der Waals surface area (Å²) in [4.78, 5) is 16.1. The zero-order chi connectivity index (χ0) is 14.7. The van der Waals surface area contributed by atoms with E-state index < -0.39 is 0 Å². The average Bonchev–Trinajstić information content (AvgIpc) is 2.41. The number of piperazine rings is 1. The molecule has 110 valence electrons. The van der Waals surface area contributed by atoms with E-state index in [0.717, 1.165) is 29.2 Å². The number of likely N-dealkylation sites (N-methyl/N-ethyl adjacent to an activating group) is 1. The van der Waals surface area contributed by atoms with Gasteiger partial charge in [-0.1, -0.05) is 23.7 Å². The van der Waals surface area contributed by atoms with Crippen LogP contribution in [0.3, 0.4) is 0 Å². The van der Waals surface area contributed by atoms with Gasteiger partial charge in [0, 0.05) is 45.3 Å². The van der Waals surface area contributed by atoms with Gasteiger partial charge < -0.3 is 10.2 Å². The lowest BCUT2D eigenvalue weighted by Crippen LogP contribution is -2.57. The Kier molecular flexibility index (Phi) is 5.02. The van der Waals surface area contributed by atoms with Crippen LogP contribution in [-0.2, 0) is 11.3 Å². The van der Waals surface area contributed by atoms with Gasteiger partial charge in [-0.3, -0.25) is 9.69 Å². The van der Waals surface area contributed by atoms with Crippen LogP contribution in [0.4, 0.5) is 0 Å². The molecule has 1 heterocycles. The van der Waals surface area contributed by atoms with Gasteiger partial charge in [0.15, 0.2) is 0 Å². The molecular weight excluding hydrogens is 274 g/mol. The zero-order valence-corrected chi connectivity index (χ0v) is 13.1. The monoisotopic (exact) mass is 295 g/mol. The molecule has 1 aromatic carbocycles. The Morgan fingerprint density at radius 2 is 2.25 bits per heavy atom. The van der Waals surface area contributed by atoms with Gasteiger partial charge in [-0.15, -0.1) is 0 Å². The maximum Gasteiger partial charge on any atom is 0.240 e. The summed E-state index contributed by atoms with van der Waals surface area (Å²) in [5.41, 5.74) is 2.23. The second-order valence-electron chi connectivity index (χ2n) is 5.52. The van der Waals surface area contributed by atoms with Crippen molar-refractivity contribution >= 4 is 17.5 Å². The standard InChI is InChI=1S/C15H22ClN3O/c1-11-4-5-12(13(16)8-11)10-19-7-6-17-9-14(19)15(20)18(2)3/h4-5,8,14,17H,6-7,9-10H2,1-3H3. The highest BCUT2D eigenvalue weighted by atomic mass is 35.5. The highest BCUT2D eigenvalue weighted by Crippen LogP contribution is 2.21. The summed E-state index contributed by atoms with van der Waals surface area (Å²) >= 11 is 6.30. The number of nitrogens with one attached hydrogen (secondary N) is 1. The normalized spacial score (nSPS) is 19.9. The topological polar surface area (TPSA) is 35.6 Å². The molecule has 0 aromatic heterocycles. The Morgan fingerprint density at radius 1 is 1.50 bits per heavy atom. The number of rotatable bonds is 3. The molecule has 1 aliphatic rings. The molecule has 1 fully saturated rings. The van der Waals surface area contributed by atoms with E-state index in [0.29, 0.717) is 13.1 Å². The first-order valence-corrected chi connectivity index (χ1v) is 7.28. The predicted octanol–water partition coefficient (Wildman–Crippen LogP) is 1.51. The van der Waals surface area contributed by atoms with Crippen LogP contribution in [0.5, 0.6) is 0 Å². The van der Waals surface area contributed by atoms with Gasteiger partial charge in [-0.2, -0.15) is 0 Å². The molecule has 5 heteroatoms. The minimum absolute atomic E-state index is 0.115. The predicted molar refractivity (Wildman–Crippen MR) is 82.0 cm³/mol. The number of amides is 1. The van der Waals surface area contributed by atoms with Crippen molar-refractivity contribution in [2.75, 3.05) is 33.7 Å². The van der Waals surface area contributed by atoms with E-state index in [2.05, 4.69) is 22.3 Å². The van der Waals surface area contributed by atoms with Crippen molar-refractivity contribution in [2.24, 2.45) is 0 Å². The molecule has 0 aliphatic carbocycles. The summed E-state index contributed by atoms with van der Waals surface area (Å²) in [5.74, 6) is 0.139. The number of carbonyl (C=O) groups is 1. The number of hydrogen-bond acceptors (Lipinski definition) is 3. The van der Waals surface area contributed by atoms with Gasteiger partial charge in [0.05, 0.1) is 0 Å². The number of halogens is 1. The van der Waals surface area contributed by atoms with Gasteiger partial charge in [0.2, 0.25) is 5.91 Å². The van der Waals surface area contributed by atoms with Crippen molar-refractivity contribution in [3.63, 3.8) is 0 Å². The van der Waals surface area contributed by atoms with Gasteiger partial charge in [0.1, 0.15) is 6.04 Å². The average molecular weight is 296 g/mol. The largest absolute Gasteiger partial charge is 0.347 e. The fraction of sp³-hybridized carbons (Fsp3) is 0.533. The lowest BCUT2D eigenvalue weighted by atomic mass is 10.1. The van der Waals surface area contributed by atoms with Crippen LogP contribution in [0.25, 0.3) is 0 Å². The van der Waals surface area contributed by atoms with Crippen molar-refractivity contribution in [3.8, 4) is 0 Å². The van der Waals surface area contributed by atoms with Crippen molar-refractivity contribution in [3.05, 3.63) is 34.3 Å². The molecule has 20 heavy (non-hydrogen) atoms. The number of nitrogens with zero attached hydrogens (tertiary/aromatic N) is 2. The van der Waals surface area contributed by atoms with Crippen LogP contribution in [0.15, 0.2) is 18.2 Å². The number of aryl methyl sites for hydroxylation is 1. The molecule has 0 bridgehead atoms. The third kappa shape index (κ3) is 3.51.